The molecule has 1 unspecified atom stereocenters. The van der Waals surface area contributed by atoms with Crippen molar-refractivity contribution in [3.63, 3.8) is 0 Å². The van der Waals surface area contributed by atoms with E-state index >= 15 is 0 Å². The van der Waals surface area contributed by atoms with Crippen molar-refractivity contribution in [2.24, 2.45) is 5.73 Å². The summed E-state index contributed by atoms with van der Waals surface area (Å²) in [5.41, 5.74) is 8.12. The van der Waals surface area contributed by atoms with E-state index in [0.717, 1.165) is 5.56 Å². The van der Waals surface area contributed by atoms with E-state index in [0.29, 0.717) is 28.7 Å². The summed E-state index contributed by atoms with van der Waals surface area (Å²) in [7, 11) is 0. The molecule has 6 nitrogen and oxygen atoms in total. The summed E-state index contributed by atoms with van der Waals surface area (Å²) in [6.45, 7) is 4.01. The number of rotatable bonds is 6. The van der Waals surface area contributed by atoms with Crippen LogP contribution in [-0.4, -0.2) is 12.6 Å². The van der Waals surface area contributed by atoms with E-state index in [1.165, 1.54) is 0 Å². The fraction of sp³-hybridized carbons (Fsp3) is 0.0769. The van der Waals surface area contributed by atoms with Gasteiger partial charge in [0.2, 0.25) is 5.88 Å². The maximum atomic E-state index is 12.5. The lowest BCUT2D eigenvalue weighted by atomic mass is 9.83. The van der Waals surface area contributed by atoms with Gasteiger partial charge in [-0.25, -0.2) is 4.79 Å². The number of nitrogens with zero attached hydrogens (tertiary/aromatic N) is 1. The first-order valence-electron chi connectivity index (χ1n) is 10.0. The smallest absolute Gasteiger partial charge is 0.345 e. The van der Waals surface area contributed by atoms with Gasteiger partial charge in [-0.1, -0.05) is 54.6 Å². The Labute approximate surface area is 196 Å². The fourth-order valence-corrected chi connectivity index (χ4v) is 3.78. The zero-order valence-corrected chi connectivity index (χ0v) is 18.2. The molecule has 0 spiro atoms. The minimum Gasteiger partial charge on any atom is -0.490 e. The van der Waals surface area contributed by atoms with Crippen LogP contribution in [0.3, 0.4) is 0 Å². The molecule has 2 N–H and O–H groups in total. The molecular formula is C26H19ClN2O4. The number of halogens is 1. The van der Waals surface area contributed by atoms with Gasteiger partial charge >= 0.3 is 5.97 Å². The highest BCUT2D eigenvalue weighted by molar-refractivity contribution is 6.33. The largest absolute Gasteiger partial charge is 0.490 e. The van der Waals surface area contributed by atoms with Gasteiger partial charge in [0.25, 0.3) is 0 Å². The molecule has 0 saturated heterocycles. The van der Waals surface area contributed by atoms with Crippen LogP contribution in [0.15, 0.2) is 90.8 Å². The number of esters is 1. The molecule has 0 bridgehead atoms. The Kier molecular flexibility index (Phi) is 6.34. The van der Waals surface area contributed by atoms with Gasteiger partial charge < -0.3 is 19.9 Å². The monoisotopic (exact) mass is 458 g/mol. The normalized spacial score (nSPS) is 14.5. The molecule has 33 heavy (non-hydrogen) atoms. The topological polar surface area (TPSA) is 94.6 Å². The Morgan fingerprint density at radius 1 is 1.15 bits per heavy atom. The molecule has 3 aromatic rings. The SMILES string of the molecule is C=CCOc1cccc(C2C(C#N)=C(N)Oc3cc(OC(=O)c4ccccc4Cl)ccc32)c1. The zero-order chi connectivity index (χ0) is 23.4. The molecule has 7 heteroatoms. The van der Waals surface area contributed by atoms with Gasteiger partial charge in [0.05, 0.1) is 16.5 Å². The van der Waals surface area contributed by atoms with Crippen LogP contribution in [0, 0.1) is 11.3 Å². The Morgan fingerprint density at radius 3 is 2.73 bits per heavy atom. The first-order valence-corrected chi connectivity index (χ1v) is 10.4. The van der Waals surface area contributed by atoms with E-state index in [1.54, 1.807) is 48.5 Å². The number of ether oxygens (including phenoxy) is 3. The Bertz CT molecular complexity index is 1310. The Morgan fingerprint density at radius 2 is 1.97 bits per heavy atom. The number of hydrogen-bond donors (Lipinski definition) is 1. The number of fused-ring (bicyclic) bond motifs is 1. The van der Waals surface area contributed by atoms with Gasteiger partial charge in [-0.3, -0.25) is 0 Å². The summed E-state index contributed by atoms with van der Waals surface area (Å²) in [6.07, 6.45) is 1.65. The minimum atomic E-state index is -0.596. The van der Waals surface area contributed by atoms with E-state index < -0.39 is 11.9 Å². The van der Waals surface area contributed by atoms with Crippen LogP contribution in [0.1, 0.15) is 27.4 Å². The van der Waals surface area contributed by atoms with Crippen molar-refractivity contribution in [2.45, 2.75) is 5.92 Å². The quantitative estimate of drug-likeness (QED) is 0.304. The van der Waals surface area contributed by atoms with E-state index in [-0.39, 0.29) is 22.8 Å². The molecule has 0 aliphatic carbocycles. The van der Waals surface area contributed by atoms with Gasteiger partial charge in [0.1, 0.15) is 35.5 Å². The maximum absolute atomic E-state index is 12.5. The summed E-state index contributed by atoms with van der Waals surface area (Å²) < 4.78 is 16.8. The van der Waals surface area contributed by atoms with Crippen molar-refractivity contribution in [3.05, 3.63) is 113 Å². The van der Waals surface area contributed by atoms with Crippen LogP contribution in [0.25, 0.3) is 0 Å². The van der Waals surface area contributed by atoms with Gasteiger partial charge in [-0.15, -0.1) is 0 Å². The maximum Gasteiger partial charge on any atom is 0.345 e. The van der Waals surface area contributed by atoms with Crippen molar-refractivity contribution >= 4 is 17.6 Å². The number of nitriles is 1. The van der Waals surface area contributed by atoms with Crippen molar-refractivity contribution in [1.82, 2.24) is 0 Å². The van der Waals surface area contributed by atoms with Crippen LogP contribution >= 0.6 is 11.6 Å². The summed E-state index contributed by atoms with van der Waals surface area (Å²) in [4.78, 5) is 12.5. The molecule has 4 rings (SSSR count). The first-order chi connectivity index (χ1) is 16.0. The summed E-state index contributed by atoms with van der Waals surface area (Å²) in [6, 6.07) is 21.1. The third-order valence-electron chi connectivity index (χ3n) is 5.05. The number of carbonyl (C=O) groups is 1. The van der Waals surface area contributed by atoms with Crippen molar-refractivity contribution in [1.29, 1.82) is 5.26 Å². The molecule has 1 aliphatic heterocycles. The predicted octanol–water partition coefficient (Wildman–Crippen LogP) is 5.34. The van der Waals surface area contributed by atoms with Crippen molar-refractivity contribution in [3.8, 4) is 23.3 Å². The van der Waals surface area contributed by atoms with Crippen LogP contribution in [0.5, 0.6) is 17.2 Å². The standard InChI is InChI=1S/C26H19ClN2O4/c1-2-12-31-17-7-5-6-16(13-17)24-20-11-10-18(14-23(20)33-25(29)21(24)15-28)32-26(30)19-8-3-4-9-22(19)27/h2-11,13-14,24H,1,12,29H2. The van der Waals surface area contributed by atoms with Crippen LogP contribution in [-0.2, 0) is 0 Å². The Balaban J connectivity index is 1.69. The highest BCUT2D eigenvalue weighted by Crippen LogP contribution is 2.44. The van der Waals surface area contributed by atoms with E-state index in [4.69, 9.17) is 31.5 Å². The number of allylic oxidation sites excluding steroid dienone is 1. The second-order valence-corrected chi connectivity index (χ2v) is 7.57. The average Bonchev–Trinajstić information content (AvgIpc) is 2.82. The summed E-state index contributed by atoms with van der Waals surface area (Å²) >= 11 is 6.09. The van der Waals surface area contributed by atoms with Crippen molar-refractivity contribution in [2.75, 3.05) is 6.61 Å². The lowest BCUT2D eigenvalue weighted by molar-refractivity contribution is 0.0734. The Hall–Kier alpha value is -4.21. The molecule has 1 heterocycles. The van der Waals surface area contributed by atoms with Gasteiger partial charge in [0.15, 0.2) is 0 Å². The van der Waals surface area contributed by atoms with Crippen LogP contribution < -0.4 is 19.9 Å². The number of carbonyl (C=O) groups excluding carboxylic acids is 1. The molecule has 0 fully saturated rings. The van der Waals surface area contributed by atoms with Crippen LogP contribution in [0.2, 0.25) is 5.02 Å². The third kappa shape index (κ3) is 4.54. The van der Waals surface area contributed by atoms with E-state index in [1.807, 2.05) is 24.3 Å². The van der Waals surface area contributed by atoms with Gasteiger partial charge in [-0.2, -0.15) is 5.26 Å². The van der Waals surface area contributed by atoms with Gasteiger partial charge in [-0.05, 0) is 35.9 Å². The fourth-order valence-electron chi connectivity index (χ4n) is 3.57. The molecule has 0 saturated carbocycles. The lowest BCUT2D eigenvalue weighted by Gasteiger charge is -2.27. The van der Waals surface area contributed by atoms with Gasteiger partial charge in [0, 0.05) is 11.6 Å². The summed E-state index contributed by atoms with van der Waals surface area (Å²) in [5.74, 6) is 0.205. The average molecular weight is 459 g/mol. The molecule has 0 amide bonds. The summed E-state index contributed by atoms with van der Waals surface area (Å²) in [5, 5.41) is 10.1. The highest BCUT2D eigenvalue weighted by Gasteiger charge is 2.31. The highest BCUT2D eigenvalue weighted by atomic mass is 35.5. The molecule has 3 aromatic carbocycles. The molecule has 164 valence electrons. The van der Waals surface area contributed by atoms with E-state index in [2.05, 4.69) is 12.6 Å². The second kappa shape index (κ2) is 9.51. The second-order valence-electron chi connectivity index (χ2n) is 7.17. The molecule has 1 aliphatic rings. The minimum absolute atomic E-state index is 0.0120. The molecular weight excluding hydrogens is 440 g/mol. The molecule has 0 radical (unpaired) electrons. The zero-order valence-electron chi connectivity index (χ0n) is 17.5. The first kappa shape index (κ1) is 22.0. The predicted molar refractivity (Wildman–Crippen MR) is 124 cm³/mol. The number of nitrogens with two attached hydrogens (primary N) is 1. The van der Waals surface area contributed by atoms with Crippen molar-refractivity contribution < 1.29 is 19.0 Å². The lowest BCUT2D eigenvalue weighted by Crippen LogP contribution is -2.21. The van der Waals surface area contributed by atoms with E-state index in [9.17, 15) is 10.1 Å². The van der Waals surface area contributed by atoms with Crippen LogP contribution in [0.4, 0.5) is 0 Å². The molecule has 0 aromatic heterocycles. The number of hydrogen-bond acceptors (Lipinski definition) is 6. The third-order valence-corrected chi connectivity index (χ3v) is 5.38. The number of benzene rings is 3. The molecule has 1 atom stereocenters.